The third-order valence-corrected chi connectivity index (χ3v) is 11.8. The van der Waals surface area contributed by atoms with Crippen LogP contribution in [0.2, 0.25) is 0 Å². The Bertz CT molecular complexity index is 1330. The normalized spacial score (nSPS) is 40.7. The summed E-state index contributed by atoms with van der Waals surface area (Å²) < 4.78 is 28.3. The summed E-state index contributed by atoms with van der Waals surface area (Å²) in [4.78, 5) is 54.5. The number of likely N-dealkylation sites (N-methyl/N-ethyl adjacent to an activating group) is 1. The van der Waals surface area contributed by atoms with E-state index in [1.54, 1.807) is 52.5 Å². The molecule has 0 unspecified atom stereocenters. The SMILES string of the molecule is C[C@@H]1C[C@H]2[C@@H]3CCC4=CC(=O)C=C[C@]4(C)[C@@]3(F)[C@@H](O)C[C@]2(C)[C@@]1(O)C(=O)COC(=O)N(C)C[C@@H]1CCCN1C(=O)OC(C)(C)C. The smallest absolute Gasteiger partial charge is 0.410 e. The van der Waals surface area contributed by atoms with Gasteiger partial charge in [-0.15, -0.1) is 0 Å². The molecule has 4 fully saturated rings. The Morgan fingerprint density at radius 3 is 2.53 bits per heavy atom. The van der Waals surface area contributed by atoms with Crippen molar-refractivity contribution in [3.05, 3.63) is 23.8 Å². The molecule has 0 bridgehead atoms. The largest absolute Gasteiger partial charge is 0.444 e. The summed E-state index contributed by atoms with van der Waals surface area (Å²) in [7, 11) is 1.53. The van der Waals surface area contributed by atoms with Crippen LogP contribution in [0.25, 0.3) is 0 Å². The Kier molecular flexibility index (Phi) is 8.34. The van der Waals surface area contributed by atoms with Crippen molar-refractivity contribution in [3.8, 4) is 0 Å². The number of amides is 2. The molecule has 5 rings (SSSR count). The van der Waals surface area contributed by atoms with E-state index in [0.29, 0.717) is 37.8 Å². The first-order valence-electron chi connectivity index (χ1n) is 16.2. The number of nitrogens with zero attached hydrogens (tertiary/aromatic N) is 2. The summed E-state index contributed by atoms with van der Waals surface area (Å²) in [6, 6.07) is -0.263. The zero-order valence-electron chi connectivity index (χ0n) is 27.6. The highest BCUT2D eigenvalue weighted by Crippen LogP contribution is 2.70. The molecule has 0 aromatic rings. The molecular formula is C34H49FN2O8. The molecular weight excluding hydrogens is 583 g/mol. The van der Waals surface area contributed by atoms with Gasteiger partial charge in [-0.05, 0) is 90.2 Å². The van der Waals surface area contributed by atoms with Gasteiger partial charge >= 0.3 is 12.2 Å². The number of allylic oxidation sites excluding steroid dienone is 4. The molecule has 11 heteroatoms. The Labute approximate surface area is 265 Å². The van der Waals surface area contributed by atoms with Crippen molar-refractivity contribution in [2.45, 2.75) is 109 Å². The van der Waals surface area contributed by atoms with E-state index in [2.05, 4.69) is 0 Å². The fourth-order valence-electron chi connectivity index (χ4n) is 9.47. The molecule has 1 aliphatic heterocycles. The number of rotatable bonds is 5. The molecule has 9 atom stereocenters. The molecule has 250 valence electrons. The summed E-state index contributed by atoms with van der Waals surface area (Å²) in [6.45, 7) is 10.6. The summed E-state index contributed by atoms with van der Waals surface area (Å²) >= 11 is 0. The van der Waals surface area contributed by atoms with Crippen molar-refractivity contribution in [2.24, 2.45) is 28.6 Å². The molecule has 5 aliphatic rings. The molecule has 0 spiro atoms. The van der Waals surface area contributed by atoms with Gasteiger partial charge in [0, 0.05) is 36.9 Å². The van der Waals surface area contributed by atoms with Crippen LogP contribution in [0.15, 0.2) is 23.8 Å². The second kappa shape index (κ2) is 11.2. The van der Waals surface area contributed by atoms with Crippen LogP contribution in [0, 0.1) is 28.6 Å². The van der Waals surface area contributed by atoms with E-state index in [1.165, 1.54) is 24.1 Å². The molecule has 2 N–H and O–H groups in total. The number of likely N-dealkylation sites (tertiary alicyclic amines) is 1. The lowest BCUT2D eigenvalue weighted by Crippen LogP contribution is -2.69. The molecule has 3 saturated carbocycles. The number of aliphatic hydroxyl groups excluding tert-OH is 1. The van der Waals surface area contributed by atoms with Crippen LogP contribution in [0.3, 0.4) is 0 Å². The van der Waals surface area contributed by atoms with Gasteiger partial charge in [0.25, 0.3) is 0 Å². The zero-order valence-corrected chi connectivity index (χ0v) is 27.6. The Balaban J connectivity index is 1.27. The van der Waals surface area contributed by atoms with Crippen LogP contribution >= 0.6 is 0 Å². The molecule has 10 nitrogen and oxygen atoms in total. The van der Waals surface area contributed by atoms with Gasteiger partial charge in [-0.3, -0.25) is 9.59 Å². The second-order valence-corrected chi connectivity index (χ2v) is 15.5. The molecule has 0 aromatic heterocycles. The van der Waals surface area contributed by atoms with E-state index < -0.39 is 76.1 Å². The van der Waals surface area contributed by atoms with Crippen LogP contribution in [0.1, 0.15) is 80.1 Å². The minimum Gasteiger partial charge on any atom is -0.444 e. The van der Waals surface area contributed by atoms with Gasteiger partial charge in [0.2, 0.25) is 5.78 Å². The number of fused-ring (bicyclic) bond motifs is 5. The fraction of sp³-hybridized carbons (Fsp3) is 0.765. The van der Waals surface area contributed by atoms with Crippen LogP contribution in [-0.4, -0.2) is 99.5 Å². The van der Waals surface area contributed by atoms with Gasteiger partial charge in [0.15, 0.2) is 18.1 Å². The van der Waals surface area contributed by atoms with E-state index in [9.17, 15) is 29.4 Å². The average molecular weight is 633 g/mol. The highest BCUT2D eigenvalue weighted by Gasteiger charge is 2.75. The van der Waals surface area contributed by atoms with E-state index >= 15 is 4.39 Å². The van der Waals surface area contributed by atoms with Gasteiger partial charge in [0.1, 0.15) is 11.2 Å². The van der Waals surface area contributed by atoms with Crippen molar-refractivity contribution in [2.75, 3.05) is 26.7 Å². The topological polar surface area (TPSA) is 134 Å². The molecule has 4 aliphatic carbocycles. The minimum absolute atomic E-state index is 0.155. The predicted molar refractivity (Wildman–Crippen MR) is 163 cm³/mol. The van der Waals surface area contributed by atoms with Gasteiger partial charge in [-0.25, -0.2) is 14.0 Å². The maximum atomic E-state index is 17.4. The van der Waals surface area contributed by atoms with Gasteiger partial charge in [0.05, 0.1) is 12.1 Å². The standard InChI is InChI=1S/C34H49FN2O8/c1-20-15-25-24-11-10-21-16-23(38)12-13-31(21,5)33(24,35)26(39)17-32(25,6)34(20,43)27(40)19-44-28(41)36(7)18-22-9-8-14-37(22)29(42)45-30(2,3)4/h12-13,16,20,22,24-26,39,43H,8-11,14-15,17-19H2,1-7H3/t20-,22+,24+,25+,26+,31+,32+,33+,34+/m1/s1. The number of halogens is 1. The average Bonchev–Trinajstić information content (AvgIpc) is 3.49. The minimum atomic E-state index is -2.07. The quantitative estimate of drug-likeness (QED) is 0.457. The summed E-state index contributed by atoms with van der Waals surface area (Å²) in [6.07, 6.45) is 4.26. The van der Waals surface area contributed by atoms with E-state index in [4.69, 9.17) is 9.47 Å². The molecule has 1 heterocycles. The van der Waals surface area contributed by atoms with Crippen molar-refractivity contribution < 1.29 is 43.3 Å². The van der Waals surface area contributed by atoms with Gasteiger partial charge in [-0.1, -0.05) is 25.5 Å². The lowest BCUT2D eigenvalue weighted by molar-refractivity contribution is -0.219. The number of alkyl halides is 1. The Morgan fingerprint density at radius 2 is 1.87 bits per heavy atom. The van der Waals surface area contributed by atoms with E-state index in [1.807, 2.05) is 0 Å². The van der Waals surface area contributed by atoms with Crippen molar-refractivity contribution in [1.82, 2.24) is 9.80 Å². The van der Waals surface area contributed by atoms with Crippen LogP contribution < -0.4 is 0 Å². The first kappa shape index (κ1) is 33.6. The second-order valence-electron chi connectivity index (χ2n) is 15.5. The third kappa shape index (κ3) is 5.12. The molecule has 0 radical (unpaired) electrons. The van der Waals surface area contributed by atoms with Gasteiger partial charge < -0.3 is 29.5 Å². The highest BCUT2D eigenvalue weighted by atomic mass is 19.1. The Morgan fingerprint density at radius 1 is 1.18 bits per heavy atom. The van der Waals surface area contributed by atoms with E-state index in [-0.39, 0.29) is 24.8 Å². The first-order chi connectivity index (χ1) is 20.8. The number of ketones is 2. The van der Waals surface area contributed by atoms with Crippen LogP contribution in [0.5, 0.6) is 0 Å². The third-order valence-electron chi connectivity index (χ3n) is 11.8. The summed E-state index contributed by atoms with van der Waals surface area (Å²) in [5, 5.41) is 23.7. The van der Waals surface area contributed by atoms with Crippen molar-refractivity contribution in [3.63, 3.8) is 0 Å². The monoisotopic (exact) mass is 632 g/mol. The van der Waals surface area contributed by atoms with E-state index in [0.717, 1.165) is 6.42 Å². The summed E-state index contributed by atoms with van der Waals surface area (Å²) in [5.74, 6) is -2.51. The maximum Gasteiger partial charge on any atom is 0.410 e. The number of carbonyl (C=O) groups is 4. The molecule has 1 saturated heterocycles. The Hall–Kier alpha value is -2.79. The van der Waals surface area contributed by atoms with Crippen LogP contribution in [0.4, 0.5) is 14.0 Å². The summed E-state index contributed by atoms with van der Waals surface area (Å²) in [5.41, 5.74) is -6.34. The number of hydrogen-bond donors (Lipinski definition) is 2. The lowest BCUT2D eigenvalue weighted by atomic mass is 9.44. The number of aliphatic hydroxyl groups is 2. The number of Topliss-reactive ketones (excluding diaryl/α,β-unsaturated/α-hetero) is 1. The van der Waals surface area contributed by atoms with Crippen molar-refractivity contribution in [1.29, 1.82) is 0 Å². The number of carbonyl (C=O) groups excluding carboxylic acids is 4. The fourth-order valence-corrected chi connectivity index (χ4v) is 9.47. The first-order valence-corrected chi connectivity index (χ1v) is 16.2. The number of ether oxygens (including phenoxy) is 2. The predicted octanol–water partition coefficient (Wildman–Crippen LogP) is 4.37. The molecule has 0 aromatic carbocycles. The maximum absolute atomic E-state index is 17.4. The number of hydrogen-bond acceptors (Lipinski definition) is 8. The lowest BCUT2D eigenvalue weighted by Gasteiger charge is -2.62. The highest BCUT2D eigenvalue weighted by molar-refractivity contribution is 6.01. The molecule has 45 heavy (non-hydrogen) atoms. The van der Waals surface area contributed by atoms with Crippen molar-refractivity contribution >= 4 is 23.8 Å². The molecule has 2 amide bonds. The zero-order chi connectivity index (χ0) is 33.3. The van der Waals surface area contributed by atoms with Crippen LogP contribution in [-0.2, 0) is 19.1 Å². The van der Waals surface area contributed by atoms with Gasteiger partial charge in [-0.2, -0.15) is 0 Å².